The monoisotopic (exact) mass is 231 g/mol. The first-order valence-electron chi connectivity index (χ1n) is 6.09. The molecule has 0 aromatic heterocycles. The van der Waals surface area contributed by atoms with E-state index in [2.05, 4.69) is 22.6 Å². The molecular weight excluding hydrogens is 214 g/mol. The first-order chi connectivity index (χ1) is 8.23. The summed E-state index contributed by atoms with van der Waals surface area (Å²) in [7, 11) is 2.07. The van der Waals surface area contributed by atoms with Gasteiger partial charge in [0.25, 0.3) is 5.91 Å². The van der Waals surface area contributed by atoms with Gasteiger partial charge < -0.3 is 15.5 Å². The summed E-state index contributed by atoms with van der Waals surface area (Å²) < 4.78 is 0. The molecule has 0 unspecified atom stereocenters. The molecule has 4 heteroatoms. The molecule has 1 spiro atoms. The summed E-state index contributed by atoms with van der Waals surface area (Å²) in [6, 6.07) is 7.81. The van der Waals surface area contributed by atoms with Gasteiger partial charge in [0.05, 0.1) is 11.3 Å². The largest absolute Gasteiger partial charge is 0.351 e. The molecule has 3 rings (SSSR count). The number of carbonyl (C=O) groups excluding carboxylic acids is 1. The maximum absolute atomic E-state index is 12.1. The van der Waals surface area contributed by atoms with Gasteiger partial charge in [-0.15, -0.1) is 0 Å². The van der Waals surface area contributed by atoms with Crippen molar-refractivity contribution < 1.29 is 4.79 Å². The lowest BCUT2D eigenvalue weighted by Crippen LogP contribution is -2.66. The molecule has 0 aliphatic carbocycles. The van der Waals surface area contributed by atoms with Gasteiger partial charge in [0, 0.05) is 19.9 Å². The van der Waals surface area contributed by atoms with Gasteiger partial charge in [0.1, 0.15) is 5.66 Å². The SMILES string of the molecule is CN1c2ccccc2C(=O)NC12CCNCC2. The molecule has 17 heavy (non-hydrogen) atoms. The highest BCUT2D eigenvalue weighted by Crippen LogP contribution is 2.34. The number of hydrogen-bond donors (Lipinski definition) is 2. The Morgan fingerprint density at radius 1 is 1.24 bits per heavy atom. The van der Waals surface area contributed by atoms with Crippen LogP contribution in [-0.2, 0) is 0 Å². The highest BCUT2D eigenvalue weighted by atomic mass is 16.2. The molecule has 1 aromatic carbocycles. The third-order valence-corrected chi connectivity index (χ3v) is 3.93. The quantitative estimate of drug-likeness (QED) is 0.698. The Morgan fingerprint density at radius 3 is 2.71 bits per heavy atom. The van der Waals surface area contributed by atoms with E-state index in [9.17, 15) is 4.79 Å². The lowest BCUT2D eigenvalue weighted by Gasteiger charge is -2.49. The maximum atomic E-state index is 12.1. The topological polar surface area (TPSA) is 44.4 Å². The molecule has 2 aliphatic heterocycles. The number of fused-ring (bicyclic) bond motifs is 1. The minimum Gasteiger partial charge on any atom is -0.351 e. The molecule has 0 atom stereocenters. The van der Waals surface area contributed by atoms with Gasteiger partial charge in [-0.25, -0.2) is 0 Å². The van der Waals surface area contributed by atoms with E-state index in [4.69, 9.17) is 0 Å². The van der Waals surface area contributed by atoms with Crippen molar-refractivity contribution in [2.24, 2.45) is 0 Å². The Hall–Kier alpha value is -1.55. The first kappa shape index (κ1) is 10.6. The van der Waals surface area contributed by atoms with Crippen LogP contribution in [0.3, 0.4) is 0 Å². The zero-order valence-electron chi connectivity index (χ0n) is 9.99. The molecule has 0 bridgehead atoms. The van der Waals surface area contributed by atoms with Crippen molar-refractivity contribution in [3.63, 3.8) is 0 Å². The van der Waals surface area contributed by atoms with E-state index in [1.54, 1.807) is 0 Å². The predicted octanol–water partition coefficient (Wildman–Crippen LogP) is 0.946. The Bertz CT molecular complexity index is 452. The summed E-state index contributed by atoms with van der Waals surface area (Å²) >= 11 is 0. The summed E-state index contributed by atoms with van der Waals surface area (Å²) in [6.07, 6.45) is 1.90. The van der Waals surface area contributed by atoms with Crippen LogP contribution in [0.25, 0.3) is 0 Å². The van der Waals surface area contributed by atoms with E-state index in [0.717, 1.165) is 37.2 Å². The zero-order valence-corrected chi connectivity index (χ0v) is 9.99. The second-order valence-corrected chi connectivity index (χ2v) is 4.81. The summed E-state index contributed by atoms with van der Waals surface area (Å²) in [5.41, 5.74) is 1.62. The number of nitrogens with zero attached hydrogens (tertiary/aromatic N) is 1. The average molecular weight is 231 g/mol. The first-order valence-corrected chi connectivity index (χ1v) is 6.09. The minimum atomic E-state index is -0.198. The second kappa shape index (κ2) is 3.74. The molecule has 90 valence electrons. The number of piperidine rings is 1. The molecule has 2 heterocycles. The number of rotatable bonds is 0. The summed E-state index contributed by atoms with van der Waals surface area (Å²) in [5, 5.41) is 6.52. The summed E-state index contributed by atoms with van der Waals surface area (Å²) in [6.45, 7) is 1.90. The Kier molecular flexibility index (Phi) is 2.33. The maximum Gasteiger partial charge on any atom is 0.255 e. The van der Waals surface area contributed by atoms with Crippen LogP contribution in [0, 0.1) is 0 Å². The van der Waals surface area contributed by atoms with Crippen LogP contribution in [0.15, 0.2) is 24.3 Å². The predicted molar refractivity (Wildman–Crippen MR) is 67.1 cm³/mol. The molecular formula is C13H17N3O. The van der Waals surface area contributed by atoms with Crippen LogP contribution in [0.1, 0.15) is 23.2 Å². The smallest absolute Gasteiger partial charge is 0.255 e. The molecule has 1 fully saturated rings. The van der Waals surface area contributed by atoms with E-state index in [1.807, 2.05) is 24.3 Å². The fraction of sp³-hybridized carbons (Fsp3) is 0.462. The lowest BCUT2D eigenvalue weighted by atomic mass is 9.91. The second-order valence-electron chi connectivity index (χ2n) is 4.81. The van der Waals surface area contributed by atoms with Gasteiger partial charge >= 0.3 is 0 Å². The van der Waals surface area contributed by atoms with Crippen molar-refractivity contribution >= 4 is 11.6 Å². The minimum absolute atomic E-state index is 0.0561. The molecule has 1 saturated heterocycles. The number of carbonyl (C=O) groups is 1. The number of nitrogens with one attached hydrogen (secondary N) is 2. The summed E-state index contributed by atoms with van der Waals surface area (Å²) in [4.78, 5) is 14.4. The molecule has 1 amide bonds. The molecule has 2 N–H and O–H groups in total. The van der Waals surface area contributed by atoms with Crippen molar-refractivity contribution in [1.29, 1.82) is 0 Å². The highest BCUT2D eigenvalue weighted by Gasteiger charge is 2.42. The van der Waals surface area contributed by atoms with Crippen LogP contribution in [0.2, 0.25) is 0 Å². The number of hydrogen-bond acceptors (Lipinski definition) is 3. The third kappa shape index (κ3) is 1.52. The van der Waals surface area contributed by atoms with Crippen molar-refractivity contribution in [2.45, 2.75) is 18.5 Å². The summed E-state index contributed by atoms with van der Waals surface area (Å²) in [5.74, 6) is 0.0561. The van der Waals surface area contributed by atoms with E-state index in [1.165, 1.54) is 0 Å². The van der Waals surface area contributed by atoms with E-state index in [0.29, 0.717) is 0 Å². The molecule has 1 aromatic rings. The number of amides is 1. The Labute approximate surface area is 101 Å². The van der Waals surface area contributed by atoms with Crippen molar-refractivity contribution in [3.05, 3.63) is 29.8 Å². The van der Waals surface area contributed by atoms with Crippen LogP contribution in [0.5, 0.6) is 0 Å². The third-order valence-electron chi connectivity index (χ3n) is 3.93. The number of benzene rings is 1. The highest BCUT2D eigenvalue weighted by molar-refractivity contribution is 6.02. The average Bonchev–Trinajstić information content (AvgIpc) is 2.37. The normalized spacial score (nSPS) is 22.2. The standard InChI is InChI=1S/C13H17N3O/c1-16-11-5-3-2-4-10(11)12(17)15-13(16)6-8-14-9-7-13/h2-5,14H,6-9H2,1H3,(H,15,17). The van der Waals surface area contributed by atoms with E-state index >= 15 is 0 Å². The molecule has 2 aliphatic rings. The van der Waals surface area contributed by atoms with Gasteiger partial charge in [0.15, 0.2) is 0 Å². The zero-order chi connectivity index (χ0) is 11.9. The van der Waals surface area contributed by atoms with E-state index < -0.39 is 0 Å². The Morgan fingerprint density at radius 2 is 1.94 bits per heavy atom. The fourth-order valence-corrected chi connectivity index (χ4v) is 2.85. The van der Waals surface area contributed by atoms with E-state index in [-0.39, 0.29) is 11.6 Å². The molecule has 0 radical (unpaired) electrons. The van der Waals surface area contributed by atoms with Crippen LogP contribution in [-0.4, -0.2) is 31.7 Å². The van der Waals surface area contributed by atoms with Crippen molar-refractivity contribution in [3.8, 4) is 0 Å². The number of para-hydroxylation sites is 1. The van der Waals surface area contributed by atoms with Crippen LogP contribution in [0.4, 0.5) is 5.69 Å². The van der Waals surface area contributed by atoms with Gasteiger partial charge in [-0.1, -0.05) is 12.1 Å². The molecule has 0 saturated carbocycles. The van der Waals surface area contributed by atoms with Gasteiger partial charge in [-0.05, 0) is 25.2 Å². The van der Waals surface area contributed by atoms with Crippen molar-refractivity contribution in [1.82, 2.24) is 10.6 Å². The van der Waals surface area contributed by atoms with Gasteiger partial charge in [-0.3, -0.25) is 4.79 Å². The lowest BCUT2D eigenvalue weighted by molar-refractivity contribution is 0.0856. The van der Waals surface area contributed by atoms with Crippen molar-refractivity contribution in [2.75, 3.05) is 25.0 Å². The van der Waals surface area contributed by atoms with Gasteiger partial charge in [-0.2, -0.15) is 0 Å². The molecule has 4 nitrogen and oxygen atoms in total. The number of anilines is 1. The van der Waals surface area contributed by atoms with Gasteiger partial charge in [0.2, 0.25) is 0 Å². The van der Waals surface area contributed by atoms with Crippen LogP contribution < -0.4 is 15.5 Å². The Balaban J connectivity index is 2.05. The van der Waals surface area contributed by atoms with Crippen LogP contribution >= 0.6 is 0 Å². The fourth-order valence-electron chi connectivity index (χ4n) is 2.85.